The summed E-state index contributed by atoms with van der Waals surface area (Å²) < 4.78 is 11.4. The average Bonchev–Trinajstić information content (AvgIpc) is 2.23. The van der Waals surface area contributed by atoms with Crippen molar-refractivity contribution in [3.8, 4) is 0 Å². The summed E-state index contributed by atoms with van der Waals surface area (Å²) in [5.74, 6) is 0.0549. The number of ether oxygens (including phenoxy) is 2. The molecule has 0 bridgehead atoms. The molecule has 0 aromatic carbocycles. The Morgan fingerprint density at radius 3 is 2.11 bits per heavy atom. The van der Waals surface area contributed by atoms with E-state index in [1.807, 2.05) is 34.6 Å². The van der Waals surface area contributed by atoms with Crippen molar-refractivity contribution in [3.63, 3.8) is 0 Å². The Morgan fingerprint density at radius 1 is 1.17 bits per heavy atom. The van der Waals surface area contributed by atoms with Gasteiger partial charge in [0.15, 0.2) is 0 Å². The van der Waals surface area contributed by atoms with Crippen LogP contribution in [0.1, 0.15) is 34.6 Å². The van der Waals surface area contributed by atoms with Crippen LogP contribution in [-0.4, -0.2) is 58.0 Å². The Labute approximate surface area is 109 Å². The van der Waals surface area contributed by atoms with E-state index in [4.69, 9.17) is 9.47 Å². The molecule has 3 N–H and O–H groups in total. The fourth-order valence-electron chi connectivity index (χ4n) is 2.22. The lowest BCUT2D eigenvalue weighted by Crippen LogP contribution is -2.61. The van der Waals surface area contributed by atoms with Gasteiger partial charge in [0, 0.05) is 0 Å². The van der Waals surface area contributed by atoms with Crippen LogP contribution >= 0.6 is 0 Å². The lowest BCUT2D eigenvalue weighted by molar-refractivity contribution is -0.267. The van der Waals surface area contributed by atoms with Crippen LogP contribution in [0.15, 0.2) is 0 Å². The van der Waals surface area contributed by atoms with Gasteiger partial charge in [-0.25, -0.2) is 0 Å². The molecule has 1 fully saturated rings. The number of aliphatic hydroxyl groups excluding tert-OH is 3. The maximum absolute atomic E-state index is 10.2. The highest BCUT2D eigenvalue weighted by atomic mass is 16.6. The van der Waals surface area contributed by atoms with E-state index in [2.05, 4.69) is 0 Å². The van der Waals surface area contributed by atoms with Gasteiger partial charge in [-0.2, -0.15) is 0 Å². The minimum absolute atomic E-state index is 0.0549. The van der Waals surface area contributed by atoms with Crippen molar-refractivity contribution in [3.05, 3.63) is 0 Å². The van der Waals surface area contributed by atoms with Crippen LogP contribution in [0.3, 0.4) is 0 Å². The third kappa shape index (κ3) is 3.65. The predicted octanol–water partition coefficient (Wildman–Crippen LogP) is 0.308. The molecule has 1 rings (SSSR count). The summed E-state index contributed by atoms with van der Waals surface area (Å²) in [5.41, 5.74) is -0.479. The Morgan fingerprint density at radius 2 is 1.72 bits per heavy atom. The smallest absolute Gasteiger partial charge is 0.115 e. The van der Waals surface area contributed by atoms with Crippen molar-refractivity contribution >= 4 is 0 Å². The van der Waals surface area contributed by atoms with Gasteiger partial charge in [-0.1, -0.05) is 13.8 Å². The monoisotopic (exact) mass is 262 g/mol. The SMILES string of the molecule is CC(C)C1OC(CO)C(OC(C)(C)C)C(O)C1O. The highest BCUT2D eigenvalue weighted by Gasteiger charge is 2.46. The third-order valence-corrected chi connectivity index (χ3v) is 3.05. The standard InChI is InChI=1S/C13H26O5/c1-7(2)11-9(15)10(16)12(8(6-14)17-11)18-13(3,4)5/h7-12,14-16H,6H2,1-5H3. The summed E-state index contributed by atoms with van der Waals surface area (Å²) in [6, 6.07) is 0. The van der Waals surface area contributed by atoms with Crippen molar-refractivity contribution in [2.24, 2.45) is 5.92 Å². The first-order valence-electron chi connectivity index (χ1n) is 6.47. The van der Waals surface area contributed by atoms with E-state index >= 15 is 0 Å². The molecule has 0 aliphatic carbocycles. The van der Waals surface area contributed by atoms with Crippen molar-refractivity contribution in [2.45, 2.75) is 70.7 Å². The Bertz CT molecular complexity index is 259. The quantitative estimate of drug-likeness (QED) is 0.682. The molecule has 5 atom stereocenters. The largest absolute Gasteiger partial charge is 0.394 e. The van der Waals surface area contributed by atoms with Gasteiger partial charge in [0.2, 0.25) is 0 Å². The molecule has 1 aliphatic heterocycles. The summed E-state index contributed by atoms with van der Waals surface area (Å²) >= 11 is 0. The molecule has 0 aromatic heterocycles. The minimum Gasteiger partial charge on any atom is -0.394 e. The molecule has 5 unspecified atom stereocenters. The van der Waals surface area contributed by atoms with Crippen molar-refractivity contribution in [1.82, 2.24) is 0 Å². The van der Waals surface area contributed by atoms with Crippen molar-refractivity contribution in [1.29, 1.82) is 0 Å². The molecule has 0 saturated carbocycles. The molecule has 0 amide bonds. The summed E-state index contributed by atoms with van der Waals surface area (Å²) in [7, 11) is 0. The van der Waals surface area contributed by atoms with Gasteiger partial charge in [-0.05, 0) is 26.7 Å². The number of hydrogen-bond donors (Lipinski definition) is 3. The molecule has 0 aromatic rings. The van der Waals surface area contributed by atoms with Crippen LogP contribution in [0, 0.1) is 5.92 Å². The molecule has 1 heterocycles. The Balaban J connectivity index is 2.85. The fourth-order valence-corrected chi connectivity index (χ4v) is 2.22. The van der Waals surface area contributed by atoms with Crippen LogP contribution in [-0.2, 0) is 9.47 Å². The second-order valence-electron chi connectivity index (χ2n) is 6.24. The first kappa shape index (κ1) is 15.9. The van der Waals surface area contributed by atoms with E-state index in [1.165, 1.54) is 0 Å². The number of aliphatic hydroxyl groups is 3. The first-order chi connectivity index (χ1) is 8.17. The molecule has 1 saturated heterocycles. The second-order valence-corrected chi connectivity index (χ2v) is 6.24. The van der Waals surface area contributed by atoms with Gasteiger partial charge in [0.05, 0.1) is 18.3 Å². The summed E-state index contributed by atoms with van der Waals surface area (Å²) in [5, 5.41) is 29.6. The average molecular weight is 262 g/mol. The van der Waals surface area contributed by atoms with Crippen molar-refractivity contribution < 1.29 is 24.8 Å². The van der Waals surface area contributed by atoms with E-state index in [9.17, 15) is 15.3 Å². The van der Waals surface area contributed by atoms with Gasteiger partial charge >= 0.3 is 0 Å². The number of rotatable bonds is 3. The van der Waals surface area contributed by atoms with Gasteiger partial charge in [0.1, 0.15) is 24.4 Å². The predicted molar refractivity (Wildman–Crippen MR) is 67.2 cm³/mol. The van der Waals surface area contributed by atoms with Crippen LogP contribution in [0.4, 0.5) is 0 Å². The lowest BCUT2D eigenvalue weighted by atomic mass is 9.89. The first-order valence-corrected chi connectivity index (χ1v) is 6.47. The van der Waals surface area contributed by atoms with Gasteiger partial charge in [-0.3, -0.25) is 0 Å². The highest BCUT2D eigenvalue weighted by molar-refractivity contribution is 4.94. The molecule has 0 spiro atoms. The maximum atomic E-state index is 10.2. The summed E-state index contributed by atoms with van der Waals surface area (Å²) in [4.78, 5) is 0. The third-order valence-electron chi connectivity index (χ3n) is 3.05. The maximum Gasteiger partial charge on any atom is 0.115 e. The zero-order chi connectivity index (χ0) is 14.1. The van der Waals surface area contributed by atoms with Crippen LogP contribution < -0.4 is 0 Å². The number of hydrogen-bond acceptors (Lipinski definition) is 5. The van der Waals surface area contributed by atoms with Gasteiger partial charge < -0.3 is 24.8 Å². The molecular weight excluding hydrogens is 236 g/mol. The summed E-state index contributed by atoms with van der Waals surface area (Å²) in [6.45, 7) is 9.13. The normalized spacial score (nSPS) is 38.2. The molecule has 108 valence electrons. The molecule has 5 nitrogen and oxygen atoms in total. The van der Waals surface area contributed by atoms with E-state index in [0.717, 1.165) is 0 Å². The van der Waals surface area contributed by atoms with Gasteiger partial charge in [-0.15, -0.1) is 0 Å². The minimum atomic E-state index is -1.05. The van der Waals surface area contributed by atoms with Gasteiger partial charge in [0.25, 0.3) is 0 Å². The van der Waals surface area contributed by atoms with E-state index < -0.39 is 36.1 Å². The highest BCUT2D eigenvalue weighted by Crippen LogP contribution is 2.29. The summed E-state index contributed by atoms with van der Waals surface area (Å²) in [6.07, 6.45) is -3.88. The van der Waals surface area contributed by atoms with Crippen LogP contribution in [0.5, 0.6) is 0 Å². The van der Waals surface area contributed by atoms with Crippen LogP contribution in [0.25, 0.3) is 0 Å². The van der Waals surface area contributed by atoms with E-state index in [-0.39, 0.29) is 12.5 Å². The van der Waals surface area contributed by atoms with Crippen LogP contribution in [0.2, 0.25) is 0 Å². The molecular formula is C13H26O5. The Hall–Kier alpha value is -0.200. The molecule has 1 aliphatic rings. The van der Waals surface area contributed by atoms with E-state index in [0.29, 0.717) is 0 Å². The zero-order valence-corrected chi connectivity index (χ0v) is 11.8. The van der Waals surface area contributed by atoms with E-state index in [1.54, 1.807) is 0 Å². The molecule has 0 radical (unpaired) electrons. The molecule has 5 heteroatoms. The molecule has 18 heavy (non-hydrogen) atoms. The second kappa shape index (κ2) is 5.84. The lowest BCUT2D eigenvalue weighted by Gasteiger charge is -2.45. The zero-order valence-electron chi connectivity index (χ0n) is 11.8. The van der Waals surface area contributed by atoms with Crippen molar-refractivity contribution in [2.75, 3.05) is 6.61 Å². The fraction of sp³-hybridized carbons (Fsp3) is 1.00. The topological polar surface area (TPSA) is 79.2 Å². The Kier molecular flexibility index (Phi) is 5.14.